The lowest BCUT2D eigenvalue weighted by molar-refractivity contribution is 0.596. The Balaban J connectivity index is 2.38. The molecular weight excluding hydrogens is 207 g/mol. The van der Waals surface area contributed by atoms with Crippen LogP contribution in [0, 0.1) is 5.82 Å². The van der Waals surface area contributed by atoms with Gasteiger partial charge < -0.3 is 10.3 Å². The van der Waals surface area contributed by atoms with Gasteiger partial charge in [-0.05, 0) is 12.1 Å². The van der Waals surface area contributed by atoms with Crippen LogP contribution in [0.3, 0.4) is 0 Å². The van der Waals surface area contributed by atoms with Gasteiger partial charge in [-0.1, -0.05) is 18.2 Å². The van der Waals surface area contributed by atoms with Gasteiger partial charge in [-0.15, -0.1) is 0 Å². The zero-order valence-corrected chi connectivity index (χ0v) is 8.56. The number of hydrogen-bond donors (Lipinski definition) is 1. The molecule has 3 nitrogen and oxygen atoms in total. The van der Waals surface area contributed by atoms with E-state index in [1.165, 1.54) is 29.0 Å². The van der Waals surface area contributed by atoms with Crippen molar-refractivity contribution in [2.75, 3.05) is 5.73 Å². The molecule has 4 heteroatoms. The molecule has 0 saturated heterocycles. The van der Waals surface area contributed by atoms with Crippen LogP contribution in [0.25, 0.3) is 0 Å². The third kappa shape index (κ3) is 2.11. The molecule has 0 amide bonds. The molecule has 0 aliphatic heterocycles. The van der Waals surface area contributed by atoms with Gasteiger partial charge in [-0.2, -0.15) is 0 Å². The predicted octanol–water partition coefficient (Wildman–Crippen LogP) is 1.62. The second kappa shape index (κ2) is 4.18. The number of nitrogens with two attached hydrogens (primary N) is 1. The lowest BCUT2D eigenvalue weighted by Gasteiger charge is -2.07. The van der Waals surface area contributed by atoms with Crippen LogP contribution in [0.1, 0.15) is 5.56 Å². The number of nitrogen functional groups attached to an aromatic ring is 1. The maximum atomic E-state index is 13.4. The van der Waals surface area contributed by atoms with Gasteiger partial charge in [-0.3, -0.25) is 4.79 Å². The number of anilines is 1. The van der Waals surface area contributed by atoms with E-state index in [2.05, 4.69) is 0 Å². The molecule has 0 unspecified atom stereocenters. The zero-order valence-electron chi connectivity index (χ0n) is 8.56. The van der Waals surface area contributed by atoms with Crippen LogP contribution in [-0.4, -0.2) is 4.57 Å². The first-order chi connectivity index (χ1) is 7.66. The second-order valence-corrected chi connectivity index (χ2v) is 3.52. The zero-order chi connectivity index (χ0) is 11.5. The minimum absolute atomic E-state index is 0.191. The van der Waals surface area contributed by atoms with E-state index in [1.807, 2.05) is 0 Å². The second-order valence-electron chi connectivity index (χ2n) is 3.52. The summed E-state index contributed by atoms with van der Waals surface area (Å²) in [5.74, 6) is -0.322. The minimum atomic E-state index is -0.322. The van der Waals surface area contributed by atoms with Gasteiger partial charge in [0.1, 0.15) is 5.82 Å². The van der Waals surface area contributed by atoms with Crippen molar-refractivity contribution in [3.8, 4) is 0 Å². The molecule has 0 aliphatic rings. The number of hydrogen-bond acceptors (Lipinski definition) is 2. The van der Waals surface area contributed by atoms with E-state index in [9.17, 15) is 9.18 Å². The van der Waals surface area contributed by atoms with Gasteiger partial charge >= 0.3 is 0 Å². The summed E-state index contributed by atoms with van der Waals surface area (Å²) in [5.41, 5.74) is 6.32. The molecule has 1 aromatic heterocycles. The molecule has 0 radical (unpaired) electrons. The number of aromatic nitrogens is 1. The van der Waals surface area contributed by atoms with Crippen LogP contribution in [-0.2, 0) is 6.54 Å². The monoisotopic (exact) mass is 218 g/mol. The SMILES string of the molecule is Nc1ccc(=O)n(Cc2ccccc2F)c1. The Kier molecular flexibility index (Phi) is 2.72. The molecule has 0 spiro atoms. The van der Waals surface area contributed by atoms with Crippen molar-refractivity contribution in [3.63, 3.8) is 0 Å². The largest absolute Gasteiger partial charge is 0.398 e. The molecule has 0 aliphatic carbocycles. The van der Waals surface area contributed by atoms with Crippen molar-refractivity contribution < 1.29 is 4.39 Å². The van der Waals surface area contributed by atoms with Crippen molar-refractivity contribution in [1.29, 1.82) is 0 Å². The van der Waals surface area contributed by atoms with Crippen LogP contribution in [0.15, 0.2) is 47.4 Å². The summed E-state index contributed by atoms with van der Waals surface area (Å²) >= 11 is 0. The predicted molar refractivity (Wildman–Crippen MR) is 60.6 cm³/mol. The van der Waals surface area contributed by atoms with Crippen molar-refractivity contribution in [2.45, 2.75) is 6.54 Å². The van der Waals surface area contributed by atoms with Gasteiger partial charge in [0, 0.05) is 23.5 Å². The maximum Gasteiger partial charge on any atom is 0.250 e. The molecule has 0 fully saturated rings. The van der Waals surface area contributed by atoms with Gasteiger partial charge in [0.15, 0.2) is 0 Å². The Labute approximate surface area is 92.0 Å². The van der Waals surface area contributed by atoms with Gasteiger partial charge in [0.05, 0.1) is 6.54 Å². The fourth-order valence-electron chi connectivity index (χ4n) is 1.48. The van der Waals surface area contributed by atoms with E-state index in [4.69, 9.17) is 5.73 Å². The average molecular weight is 218 g/mol. The van der Waals surface area contributed by atoms with Gasteiger partial charge in [0.25, 0.3) is 5.56 Å². The molecule has 2 rings (SSSR count). The molecular formula is C12H11FN2O. The maximum absolute atomic E-state index is 13.4. The lowest BCUT2D eigenvalue weighted by atomic mass is 10.2. The van der Waals surface area contributed by atoms with Crippen molar-refractivity contribution in [2.24, 2.45) is 0 Å². The van der Waals surface area contributed by atoms with Gasteiger partial charge in [0.2, 0.25) is 0 Å². The molecule has 82 valence electrons. The highest BCUT2D eigenvalue weighted by Crippen LogP contribution is 2.08. The fourth-order valence-corrected chi connectivity index (χ4v) is 1.48. The number of nitrogens with zero attached hydrogens (tertiary/aromatic N) is 1. The minimum Gasteiger partial charge on any atom is -0.398 e. The molecule has 2 aromatic rings. The van der Waals surface area contributed by atoms with Crippen LogP contribution in [0.5, 0.6) is 0 Å². The smallest absolute Gasteiger partial charge is 0.250 e. The quantitative estimate of drug-likeness (QED) is 0.832. The number of halogens is 1. The molecule has 1 heterocycles. The molecule has 16 heavy (non-hydrogen) atoms. The van der Waals surface area contributed by atoms with Crippen molar-refractivity contribution in [3.05, 3.63) is 64.3 Å². The standard InChI is InChI=1S/C12H11FN2O/c13-11-4-2-1-3-9(11)7-15-8-10(14)5-6-12(15)16/h1-6,8H,7,14H2. The van der Waals surface area contributed by atoms with Crippen molar-refractivity contribution in [1.82, 2.24) is 4.57 Å². The molecule has 0 bridgehead atoms. The van der Waals surface area contributed by atoms with E-state index >= 15 is 0 Å². The van der Waals surface area contributed by atoms with E-state index in [1.54, 1.807) is 18.2 Å². The summed E-state index contributed by atoms with van der Waals surface area (Å²) < 4.78 is 14.7. The number of benzene rings is 1. The Morgan fingerprint density at radius 2 is 1.94 bits per heavy atom. The first-order valence-electron chi connectivity index (χ1n) is 4.86. The Morgan fingerprint density at radius 1 is 1.19 bits per heavy atom. The molecule has 1 aromatic carbocycles. The topological polar surface area (TPSA) is 48.0 Å². The van der Waals surface area contributed by atoms with Crippen LogP contribution in [0.4, 0.5) is 10.1 Å². The lowest BCUT2D eigenvalue weighted by Crippen LogP contribution is -2.19. The molecule has 0 atom stereocenters. The highest BCUT2D eigenvalue weighted by molar-refractivity contribution is 5.33. The summed E-state index contributed by atoms with van der Waals surface area (Å²) in [4.78, 5) is 11.5. The number of pyridine rings is 1. The van der Waals surface area contributed by atoms with Crippen molar-refractivity contribution >= 4 is 5.69 Å². The van der Waals surface area contributed by atoms with E-state index in [0.717, 1.165) is 0 Å². The average Bonchev–Trinajstić information content (AvgIpc) is 2.27. The summed E-state index contributed by atoms with van der Waals surface area (Å²) in [6.45, 7) is 0.191. The normalized spacial score (nSPS) is 10.3. The Morgan fingerprint density at radius 3 is 2.69 bits per heavy atom. The summed E-state index contributed by atoms with van der Waals surface area (Å²) in [5, 5.41) is 0. The number of rotatable bonds is 2. The summed E-state index contributed by atoms with van der Waals surface area (Å²) in [6, 6.07) is 9.25. The van der Waals surface area contributed by atoms with E-state index in [0.29, 0.717) is 11.3 Å². The van der Waals surface area contributed by atoms with Gasteiger partial charge in [-0.25, -0.2) is 4.39 Å². The highest BCUT2D eigenvalue weighted by atomic mass is 19.1. The van der Waals surface area contributed by atoms with Crippen LogP contribution >= 0.6 is 0 Å². The van der Waals surface area contributed by atoms with Crippen LogP contribution < -0.4 is 11.3 Å². The van der Waals surface area contributed by atoms with E-state index < -0.39 is 0 Å². The first kappa shape index (κ1) is 10.4. The summed E-state index contributed by atoms with van der Waals surface area (Å²) in [7, 11) is 0. The third-order valence-electron chi connectivity index (χ3n) is 2.30. The van der Waals surface area contributed by atoms with E-state index in [-0.39, 0.29) is 17.9 Å². The summed E-state index contributed by atoms with van der Waals surface area (Å²) in [6.07, 6.45) is 1.51. The highest BCUT2D eigenvalue weighted by Gasteiger charge is 2.03. The Bertz CT molecular complexity index is 563. The fraction of sp³-hybridized carbons (Fsp3) is 0.0833. The molecule has 2 N–H and O–H groups in total. The Hall–Kier alpha value is -2.10. The molecule has 0 saturated carbocycles. The third-order valence-corrected chi connectivity index (χ3v) is 2.30. The van der Waals surface area contributed by atoms with Crippen LogP contribution in [0.2, 0.25) is 0 Å². The first-order valence-corrected chi connectivity index (χ1v) is 4.86.